The van der Waals surface area contributed by atoms with E-state index in [1.807, 2.05) is 12.5 Å². The maximum atomic E-state index is 6.43. The summed E-state index contributed by atoms with van der Waals surface area (Å²) >= 11 is 0. The van der Waals surface area contributed by atoms with E-state index in [1.54, 1.807) is 0 Å². The normalized spacial score (nSPS) is 22.9. The number of rotatable bonds is 6. The zero-order chi connectivity index (χ0) is 13.8. The Morgan fingerprint density at radius 3 is 2.79 bits per heavy atom. The molecular formula is C15H27N3O. The monoisotopic (exact) mass is 265 g/mol. The Labute approximate surface area is 116 Å². The van der Waals surface area contributed by atoms with Crippen molar-refractivity contribution >= 4 is 0 Å². The Kier molecular flexibility index (Phi) is 4.99. The SMILES string of the molecule is CCC(CC)C(C)n1cncc1C(N)C1CCOC1. The number of nitrogens with zero attached hydrogens (tertiary/aromatic N) is 2. The van der Waals surface area contributed by atoms with Gasteiger partial charge in [-0.3, -0.25) is 0 Å². The van der Waals surface area contributed by atoms with Crippen LogP contribution in [0.3, 0.4) is 0 Å². The molecule has 1 aliphatic rings. The van der Waals surface area contributed by atoms with E-state index in [-0.39, 0.29) is 6.04 Å². The maximum absolute atomic E-state index is 6.43. The van der Waals surface area contributed by atoms with Gasteiger partial charge in [0, 0.05) is 24.8 Å². The molecule has 0 saturated carbocycles. The van der Waals surface area contributed by atoms with Crippen LogP contribution in [0.15, 0.2) is 12.5 Å². The first kappa shape index (κ1) is 14.5. The Bertz CT molecular complexity index is 358. The van der Waals surface area contributed by atoms with Gasteiger partial charge in [-0.1, -0.05) is 26.7 Å². The lowest BCUT2D eigenvalue weighted by molar-refractivity contribution is 0.179. The summed E-state index contributed by atoms with van der Waals surface area (Å²) in [5.41, 5.74) is 7.59. The molecule has 0 aliphatic carbocycles. The van der Waals surface area contributed by atoms with Crippen LogP contribution in [-0.4, -0.2) is 22.8 Å². The van der Waals surface area contributed by atoms with E-state index in [4.69, 9.17) is 10.5 Å². The fourth-order valence-electron chi connectivity index (χ4n) is 3.19. The van der Waals surface area contributed by atoms with E-state index in [0.717, 1.165) is 25.3 Å². The topological polar surface area (TPSA) is 53.1 Å². The summed E-state index contributed by atoms with van der Waals surface area (Å²) in [5.74, 6) is 1.12. The molecule has 2 N–H and O–H groups in total. The molecule has 108 valence electrons. The van der Waals surface area contributed by atoms with E-state index in [2.05, 4.69) is 30.3 Å². The van der Waals surface area contributed by atoms with Gasteiger partial charge in [-0.05, 0) is 19.3 Å². The summed E-state index contributed by atoms with van der Waals surface area (Å²) in [7, 11) is 0. The van der Waals surface area contributed by atoms with Gasteiger partial charge in [0.15, 0.2) is 0 Å². The highest BCUT2D eigenvalue weighted by molar-refractivity contribution is 5.08. The van der Waals surface area contributed by atoms with E-state index in [9.17, 15) is 0 Å². The molecule has 3 atom stereocenters. The third-order valence-electron chi connectivity index (χ3n) is 4.68. The van der Waals surface area contributed by atoms with Crippen molar-refractivity contribution in [3.63, 3.8) is 0 Å². The molecular weight excluding hydrogens is 238 g/mol. The standard InChI is InChI=1S/C15H27N3O/c1-4-12(5-2)11(3)18-10-17-8-14(18)15(16)13-6-7-19-9-13/h8,10-13,15H,4-7,9,16H2,1-3H3. The molecule has 0 aromatic carbocycles. The van der Waals surface area contributed by atoms with Crippen molar-refractivity contribution in [2.75, 3.05) is 13.2 Å². The first-order valence-electron chi connectivity index (χ1n) is 7.54. The predicted molar refractivity (Wildman–Crippen MR) is 76.9 cm³/mol. The van der Waals surface area contributed by atoms with Gasteiger partial charge < -0.3 is 15.0 Å². The molecule has 4 heteroatoms. The van der Waals surface area contributed by atoms with Crippen LogP contribution < -0.4 is 5.73 Å². The molecule has 1 aromatic heterocycles. The van der Waals surface area contributed by atoms with Crippen LogP contribution in [0.2, 0.25) is 0 Å². The largest absolute Gasteiger partial charge is 0.381 e. The van der Waals surface area contributed by atoms with Gasteiger partial charge in [-0.2, -0.15) is 0 Å². The fourth-order valence-corrected chi connectivity index (χ4v) is 3.19. The zero-order valence-corrected chi connectivity index (χ0v) is 12.4. The summed E-state index contributed by atoms with van der Waals surface area (Å²) in [6.45, 7) is 8.42. The minimum absolute atomic E-state index is 0.0433. The second-order valence-electron chi connectivity index (χ2n) is 5.69. The van der Waals surface area contributed by atoms with Crippen molar-refractivity contribution in [3.05, 3.63) is 18.2 Å². The Hall–Kier alpha value is -0.870. The summed E-state index contributed by atoms with van der Waals surface area (Å²) in [4.78, 5) is 4.33. The summed E-state index contributed by atoms with van der Waals surface area (Å²) < 4.78 is 7.74. The number of aromatic nitrogens is 2. The van der Waals surface area contributed by atoms with Gasteiger partial charge in [0.1, 0.15) is 0 Å². The van der Waals surface area contributed by atoms with E-state index in [1.165, 1.54) is 12.8 Å². The van der Waals surface area contributed by atoms with Crippen molar-refractivity contribution in [3.8, 4) is 0 Å². The van der Waals surface area contributed by atoms with Gasteiger partial charge in [0.2, 0.25) is 0 Å². The van der Waals surface area contributed by atoms with Crippen molar-refractivity contribution in [2.24, 2.45) is 17.6 Å². The molecule has 1 fully saturated rings. The van der Waals surface area contributed by atoms with Crippen LogP contribution >= 0.6 is 0 Å². The zero-order valence-electron chi connectivity index (χ0n) is 12.4. The minimum atomic E-state index is 0.0433. The van der Waals surface area contributed by atoms with Gasteiger partial charge in [0.05, 0.1) is 24.7 Å². The number of imidazole rings is 1. The van der Waals surface area contributed by atoms with Crippen molar-refractivity contribution < 1.29 is 4.74 Å². The summed E-state index contributed by atoms with van der Waals surface area (Å²) in [6.07, 6.45) is 7.32. The molecule has 4 nitrogen and oxygen atoms in total. The number of nitrogens with two attached hydrogens (primary N) is 1. The molecule has 0 radical (unpaired) electrons. The quantitative estimate of drug-likeness (QED) is 0.860. The highest BCUT2D eigenvalue weighted by Crippen LogP contribution is 2.31. The van der Waals surface area contributed by atoms with E-state index >= 15 is 0 Å². The van der Waals surface area contributed by atoms with Crippen LogP contribution in [-0.2, 0) is 4.74 Å². The predicted octanol–water partition coefficient (Wildman–Crippen LogP) is 2.92. The molecule has 0 spiro atoms. The molecule has 0 amide bonds. The Balaban J connectivity index is 2.16. The molecule has 3 unspecified atom stereocenters. The molecule has 2 heterocycles. The van der Waals surface area contributed by atoms with Crippen molar-refractivity contribution in [1.82, 2.24) is 9.55 Å². The summed E-state index contributed by atoms with van der Waals surface area (Å²) in [6, 6.07) is 0.502. The molecule has 1 aromatic rings. The van der Waals surface area contributed by atoms with Crippen LogP contribution in [0.5, 0.6) is 0 Å². The Morgan fingerprint density at radius 1 is 1.47 bits per heavy atom. The number of hydrogen-bond donors (Lipinski definition) is 1. The third kappa shape index (κ3) is 3.00. The second kappa shape index (κ2) is 6.53. The lowest BCUT2D eigenvalue weighted by Crippen LogP contribution is -2.27. The third-order valence-corrected chi connectivity index (χ3v) is 4.68. The molecule has 0 bridgehead atoms. The smallest absolute Gasteiger partial charge is 0.0951 e. The highest BCUT2D eigenvalue weighted by Gasteiger charge is 2.28. The molecule has 1 saturated heterocycles. The lowest BCUT2D eigenvalue weighted by Gasteiger charge is -2.27. The molecule has 1 aliphatic heterocycles. The minimum Gasteiger partial charge on any atom is -0.381 e. The number of hydrogen-bond acceptors (Lipinski definition) is 3. The maximum Gasteiger partial charge on any atom is 0.0951 e. The lowest BCUT2D eigenvalue weighted by atomic mass is 9.93. The van der Waals surface area contributed by atoms with Crippen LogP contribution in [0.4, 0.5) is 0 Å². The first-order chi connectivity index (χ1) is 9.19. The van der Waals surface area contributed by atoms with Gasteiger partial charge in [-0.25, -0.2) is 4.98 Å². The van der Waals surface area contributed by atoms with Gasteiger partial charge >= 0.3 is 0 Å². The Morgan fingerprint density at radius 2 is 2.21 bits per heavy atom. The van der Waals surface area contributed by atoms with E-state index in [0.29, 0.717) is 17.9 Å². The van der Waals surface area contributed by atoms with Crippen molar-refractivity contribution in [1.29, 1.82) is 0 Å². The molecule has 2 rings (SSSR count). The van der Waals surface area contributed by atoms with Gasteiger partial charge in [-0.15, -0.1) is 0 Å². The van der Waals surface area contributed by atoms with E-state index < -0.39 is 0 Å². The number of ether oxygens (including phenoxy) is 1. The molecule has 19 heavy (non-hydrogen) atoms. The van der Waals surface area contributed by atoms with Crippen LogP contribution in [0, 0.1) is 11.8 Å². The highest BCUT2D eigenvalue weighted by atomic mass is 16.5. The van der Waals surface area contributed by atoms with Crippen LogP contribution in [0.1, 0.15) is 57.8 Å². The van der Waals surface area contributed by atoms with Gasteiger partial charge in [0.25, 0.3) is 0 Å². The van der Waals surface area contributed by atoms with Crippen molar-refractivity contribution in [2.45, 2.75) is 52.1 Å². The fraction of sp³-hybridized carbons (Fsp3) is 0.800. The first-order valence-corrected chi connectivity index (χ1v) is 7.54. The average Bonchev–Trinajstić information content (AvgIpc) is 3.10. The average molecular weight is 265 g/mol. The summed E-state index contributed by atoms with van der Waals surface area (Å²) in [5, 5.41) is 0. The second-order valence-corrected chi connectivity index (χ2v) is 5.69. The van der Waals surface area contributed by atoms with Crippen LogP contribution in [0.25, 0.3) is 0 Å².